The maximum atomic E-state index is 12.0. The van der Waals surface area contributed by atoms with Gasteiger partial charge in [0, 0.05) is 5.38 Å². The molecule has 1 fully saturated rings. The molecule has 0 aliphatic carbocycles. The van der Waals surface area contributed by atoms with E-state index in [9.17, 15) is 33.0 Å². The highest BCUT2D eigenvalue weighted by Gasteiger charge is 2.67. The SMILES string of the molecule is CC(O)C(=O)N(NC(=O)c1ccsc1)N1C(=O)C(C)(O)S1(=O)=O. The predicted octanol–water partition coefficient (Wildman–Crippen LogP) is -1.60. The first-order valence-corrected chi connectivity index (χ1v) is 8.57. The van der Waals surface area contributed by atoms with Gasteiger partial charge in [-0.1, -0.05) is 0 Å². The fraction of sp³-hybridized carbons (Fsp3) is 0.364. The molecule has 23 heavy (non-hydrogen) atoms. The average molecular weight is 363 g/mol. The molecule has 1 saturated heterocycles. The van der Waals surface area contributed by atoms with Gasteiger partial charge in [-0.25, -0.2) is 13.8 Å². The van der Waals surface area contributed by atoms with Crippen molar-refractivity contribution in [1.82, 2.24) is 15.0 Å². The summed E-state index contributed by atoms with van der Waals surface area (Å²) in [6.07, 6.45) is -1.70. The van der Waals surface area contributed by atoms with Gasteiger partial charge < -0.3 is 10.2 Å². The summed E-state index contributed by atoms with van der Waals surface area (Å²) in [6, 6.07) is 1.41. The molecule has 0 spiro atoms. The summed E-state index contributed by atoms with van der Waals surface area (Å²) in [5, 5.41) is 22.0. The number of nitrogens with one attached hydrogen (secondary N) is 1. The van der Waals surface area contributed by atoms with Crippen LogP contribution in [0.1, 0.15) is 24.2 Å². The summed E-state index contributed by atoms with van der Waals surface area (Å²) in [5.41, 5.74) is 2.05. The molecule has 0 saturated carbocycles. The highest BCUT2D eigenvalue weighted by Crippen LogP contribution is 2.34. The van der Waals surface area contributed by atoms with Gasteiger partial charge in [0.2, 0.25) is 0 Å². The Morgan fingerprint density at radius 2 is 2.09 bits per heavy atom. The minimum Gasteiger partial charge on any atom is -0.383 e. The van der Waals surface area contributed by atoms with Crippen molar-refractivity contribution in [3.05, 3.63) is 22.4 Å². The van der Waals surface area contributed by atoms with Crippen LogP contribution in [0.15, 0.2) is 16.8 Å². The number of carbonyl (C=O) groups is 3. The summed E-state index contributed by atoms with van der Waals surface area (Å²) in [5.74, 6) is -3.46. The number of rotatable bonds is 3. The first-order chi connectivity index (χ1) is 10.5. The number of nitrogens with zero attached hydrogens (tertiary/aromatic N) is 2. The van der Waals surface area contributed by atoms with Crippen LogP contribution < -0.4 is 5.43 Å². The number of sulfonamides is 1. The predicted molar refractivity (Wildman–Crippen MR) is 76.7 cm³/mol. The Hall–Kier alpha value is -2.02. The molecular formula is C11H13N3O7S2. The number of hydrazine groups is 2. The number of hydrogen-bond donors (Lipinski definition) is 3. The largest absolute Gasteiger partial charge is 0.383 e. The summed E-state index contributed by atoms with van der Waals surface area (Å²) in [4.78, 5) is 33.0. The number of amides is 3. The number of carbonyl (C=O) groups excluding carboxylic acids is 3. The molecule has 2 atom stereocenters. The molecule has 10 nitrogen and oxygen atoms in total. The van der Waals surface area contributed by atoms with Crippen molar-refractivity contribution in [3.8, 4) is 0 Å². The Labute approximate surface area is 134 Å². The quantitative estimate of drug-likeness (QED) is 0.548. The fourth-order valence-corrected chi connectivity index (χ4v) is 3.53. The zero-order valence-corrected chi connectivity index (χ0v) is 13.6. The van der Waals surface area contributed by atoms with Crippen LogP contribution in [0.25, 0.3) is 0 Å². The van der Waals surface area contributed by atoms with Crippen molar-refractivity contribution < 1.29 is 33.0 Å². The van der Waals surface area contributed by atoms with Crippen molar-refractivity contribution in [1.29, 1.82) is 0 Å². The van der Waals surface area contributed by atoms with Crippen LogP contribution in [0.5, 0.6) is 0 Å². The van der Waals surface area contributed by atoms with Gasteiger partial charge in [-0.15, -0.1) is 9.53 Å². The summed E-state index contributed by atoms with van der Waals surface area (Å²) in [6.45, 7) is 1.77. The van der Waals surface area contributed by atoms with E-state index >= 15 is 0 Å². The molecule has 1 aliphatic rings. The Morgan fingerprint density at radius 3 is 2.52 bits per heavy atom. The lowest BCUT2D eigenvalue weighted by atomic mass is 10.3. The van der Waals surface area contributed by atoms with Crippen molar-refractivity contribution in [2.24, 2.45) is 0 Å². The monoisotopic (exact) mass is 363 g/mol. The van der Waals surface area contributed by atoms with Gasteiger partial charge in [0.25, 0.3) is 26.8 Å². The molecule has 1 aliphatic heterocycles. The van der Waals surface area contributed by atoms with Gasteiger partial charge in [-0.05, 0) is 25.3 Å². The smallest absolute Gasteiger partial charge is 0.306 e. The highest BCUT2D eigenvalue weighted by molar-refractivity contribution is 7.94. The molecule has 126 valence electrons. The lowest BCUT2D eigenvalue weighted by Crippen LogP contribution is -2.77. The fourth-order valence-electron chi connectivity index (χ4n) is 1.65. The van der Waals surface area contributed by atoms with Crippen LogP contribution in [0.3, 0.4) is 0 Å². The Bertz CT molecular complexity index is 755. The number of aliphatic hydroxyl groups excluding tert-OH is 1. The standard InChI is InChI=1S/C11H13N3O7S2/c1-6(15)9(17)13(12-8(16)7-3-4-22-5-7)14-10(18)11(2,19)23(14,20)21/h3-6,15,19H,1-2H3,(H,12,16). The normalized spacial score (nSPS) is 23.8. The Balaban J connectivity index is 2.35. The third kappa shape index (κ3) is 2.59. The van der Waals surface area contributed by atoms with Gasteiger partial charge >= 0.3 is 5.91 Å². The second-order valence-corrected chi connectivity index (χ2v) is 7.69. The lowest BCUT2D eigenvalue weighted by molar-refractivity contribution is -0.175. The van der Waals surface area contributed by atoms with E-state index in [0.29, 0.717) is 0 Å². The third-order valence-electron chi connectivity index (χ3n) is 3.04. The molecular weight excluding hydrogens is 350 g/mol. The van der Waals surface area contributed by atoms with E-state index in [-0.39, 0.29) is 15.1 Å². The molecule has 2 unspecified atom stereocenters. The zero-order chi connectivity index (χ0) is 17.6. The minimum absolute atomic E-state index is 0.0836. The van der Waals surface area contributed by atoms with Crippen LogP contribution in [0.4, 0.5) is 0 Å². The summed E-state index contributed by atoms with van der Waals surface area (Å²) in [7, 11) is -4.62. The number of hydrogen-bond acceptors (Lipinski definition) is 8. The van der Waals surface area contributed by atoms with Crippen molar-refractivity contribution in [2.75, 3.05) is 0 Å². The summed E-state index contributed by atoms with van der Waals surface area (Å²) < 4.78 is 23.8. The number of thiophene rings is 1. The van der Waals surface area contributed by atoms with Crippen LogP contribution >= 0.6 is 11.3 Å². The van der Waals surface area contributed by atoms with Crippen LogP contribution in [-0.2, 0) is 19.6 Å². The minimum atomic E-state index is -4.62. The second-order valence-electron chi connectivity index (χ2n) is 4.82. The molecule has 0 aromatic carbocycles. The maximum absolute atomic E-state index is 12.0. The van der Waals surface area contributed by atoms with E-state index in [4.69, 9.17) is 0 Å². The van der Waals surface area contributed by atoms with Crippen molar-refractivity contribution in [3.63, 3.8) is 0 Å². The van der Waals surface area contributed by atoms with E-state index in [0.717, 1.165) is 13.8 Å². The van der Waals surface area contributed by atoms with E-state index < -0.39 is 38.8 Å². The van der Waals surface area contributed by atoms with Gasteiger partial charge in [-0.3, -0.25) is 14.4 Å². The van der Waals surface area contributed by atoms with E-state index in [1.807, 2.05) is 5.43 Å². The van der Waals surface area contributed by atoms with Crippen LogP contribution in [0.2, 0.25) is 0 Å². The first kappa shape index (κ1) is 17.3. The van der Waals surface area contributed by atoms with Gasteiger partial charge in [0.15, 0.2) is 0 Å². The topological polar surface area (TPSA) is 144 Å². The molecule has 3 amide bonds. The molecule has 12 heteroatoms. The maximum Gasteiger partial charge on any atom is 0.306 e. The first-order valence-electron chi connectivity index (χ1n) is 6.18. The molecule has 0 bridgehead atoms. The van der Waals surface area contributed by atoms with E-state index in [2.05, 4.69) is 0 Å². The van der Waals surface area contributed by atoms with Gasteiger partial charge in [0.05, 0.1) is 5.56 Å². The molecule has 1 aromatic heterocycles. The van der Waals surface area contributed by atoms with Gasteiger partial charge in [-0.2, -0.15) is 11.3 Å². The van der Waals surface area contributed by atoms with Crippen molar-refractivity contribution >= 4 is 39.1 Å². The molecule has 2 heterocycles. The highest BCUT2D eigenvalue weighted by atomic mass is 32.2. The molecule has 1 aromatic rings. The Kier molecular flexibility index (Phi) is 4.19. The summed E-state index contributed by atoms with van der Waals surface area (Å²) >= 11 is 1.19. The van der Waals surface area contributed by atoms with Gasteiger partial charge in [0.1, 0.15) is 6.10 Å². The second kappa shape index (κ2) is 5.56. The number of aliphatic hydroxyl groups is 2. The van der Waals surface area contributed by atoms with Crippen LogP contribution in [0, 0.1) is 0 Å². The van der Waals surface area contributed by atoms with E-state index in [1.54, 1.807) is 5.38 Å². The lowest BCUT2D eigenvalue weighted by Gasteiger charge is -2.45. The molecule has 0 radical (unpaired) electrons. The third-order valence-corrected chi connectivity index (χ3v) is 5.69. The van der Waals surface area contributed by atoms with E-state index in [1.165, 1.54) is 22.8 Å². The zero-order valence-electron chi connectivity index (χ0n) is 12.0. The van der Waals surface area contributed by atoms with Crippen LogP contribution in [-0.4, -0.2) is 56.9 Å². The molecule has 2 rings (SSSR count). The Morgan fingerprint density at radius 1 is 1.48 bits per heavy atom. The molecule has 3 N–H and O–H groups in total. The average Bonchev–Trinajstić information content (AvgIpc) is 2.99. The van der Waals surface area contributed by atoms with Crippen molar-refractivity contribution in [2.45, 2.75) is 24.9 Å².